The minimum absolute atomic E-state index is 0.154. The summed E-state index contributed by atoms with van der Waals surface area (Å²) in [6.07, 6.45) is 0. The van der Waals surface area contributed by atoms with E-state index in [9.17, 15) is 4.79 Å². The van der Waals surface area contributed by atoms with Crippen molar-refractivity contribution in [3.8, 4) is 11.5 Å². The quantitative estimate of drug-likeness (QED) is 0.651. The van der Waals surface area contributed by atoms with Crippen molar-refractivity contribution in [2.75, 3.05) is 12.4 Å². The molecule has 146 valence electrons. The molecule has 0 aliphatic carbocycles. The average molecular weight is 385 g/mol. The molecule has 1 aliphatic rings. The molecule has 0 spiro atoms. The lowest BCUT2D eigenvalue weighted by molar-refractivity contribution is 0.102. The number of para-hydroxylation sites is 2. The van der Waals surface area contributed by atoms with E-state index in [1.54, 1.807) is 12.1 Å². The molecule has 0 aromatic heterocycles. The number of rotatable bonds is 3. The normalized spacial score (nSPS) is 12.2. The van der Waals surface area contributed by atoms with Gasteiger partial charge in [0.25, 0.3) is 5.91 Å². The third-order valence-electron chi connectivity index (χ3n) is 4.93. The average Bonchev–Trinajstić information content (AvgIpc) is 2.90. The van der Waals surface area contributed by atoms with Crippen molar-refractivity contribution in [2.24, 2.45) is 4.99 Å². The van der Waals surface area contributed by atoms with Crippen molar-refractivity contribution >= 4 is 23.1 Å². The van der Waals surface area contributed by atoms with Crippen molar-refractivity contribution in [2.45, 2.75) is 19.9 Å². The molecular weight excluding hydrogens is 362 g/mol. The fourth-order valence-corrected chi connectivity index (χ4v) is 3.11. The highest BCUT2D eigenvalue weighted by atomic mass is 16.5. The molecule has 0 bridgehead atoms. The Morgan fingerprint density at radius 2 is 1.69 bits per heavy atom. The summed E-state index contributed by atoms with van der Waals surface area (Å²) in [6, 6.07) is 22.8. The maximum atomic E-state index is 12.6. The molecule has 0 saturated heterocycles. The van der Waals surface area contributed by atoms with Gasteiger partial charge in [-0.05, 0) is 56.3 Å². The van der Waals surface area contributed by atoms with Crippen molar-refractivity contribution < 1.29 is 9.53 Å². The zero-order chi connectivity index (χ0) is 20.4. The zero-order valence-electron chi connectivity index (χ0n) is 16.7. The van der Waals surface area contributed by atoms with Crippen molar-refractivity contribution in [3.63, 3.8) is 0 Å². The Morgan fingerprint density at radius 3 is 2.45 bits per heavy atom. The van der Waals surface area contributed by atoms with Crippen molar-refractivity contribution in [1.82, 2.24) is 4.90 Å². The van der Waals surface area contributed by atoms with Crippen LogP contribution in [0.3, 0.4) is 0 Å². The largest absolute Gasteiger partial charge is 0.454 e. The molecule has 3 aromatic rings. The number of hydrogen-bond acceptors (Lipinski definition) is 4. The number of carbonyl (C=O) groups is 1. The van der Waals surface area contributed by atoms with Crippen LogP contribution in [0.2, 0.25) is 0 Å². The number of aliphatic imine (C=N–C) groups is 1. The Balaban J connectivity index is 1.75. The number of amides is 1. The van der Waals surface area contributed by atoms with Gasteiger partial charge in [-0.2, -0.15) is 0 Å². The number of hydrogen-bond donors (Lipinski definition) is 1. The first-order chi connectivity index (χ1) is 14.0. The van der Waals surface area contributed by atoms with E-state index >= 15 is 0 Å². The number of carbonyl (C=O) groups excluding carboxylic acids is 1. The number of benzene rings is 3. The molecule has 1 aliphatic heterocycles. The second kappa shape index (κ2) is 7.80. The number of amidine groups is 1. The molecule has 0 saturated carbocycles. The Bertz CT molecular complexity index is 1070. The second-order valence-electron chi connectivity index (χ2n) is 7.24. The van der Waals surface area contributed by atoms with E-state index in [0.29, 0.717) is 22.7 Å². The van der Waals surface area contributed by atoms with Crippen LogP contribution in [0.15, 0.2) is 77.8 Å². The maximum Gasteiger partial charge on any atom is 0.255 e. The van der Waals surface area contributed by atoms with Crippen LogP contribution in [0.5, 0.6) is 11.5 Å². The molecule has 0 radical (unpaired) electrons. The van der Waals surface area contributed by atoms with Gasteiger partial charge in [-0.25, -0.2) is 4.99 Å². The molecule has 0 unspecified atom stereocenters. The highest BCUT2D eigenvalue weighted by Crippen LogP contribution is 2.39. The third-order valence-corrected chi connectivity index (χ3v) is 4.93. The molecule has 5 nitrogen and oxygen atoms in total. The number of fused-ring (bicyclic) bond motifs is 2. The Morgan fingerprint density at radius 1 is 0.966 bits per heavy atom. The molecule has 1 heterocycles. The van der Waals surface area contributed by atoms with Crippen LogP contribution in [-0.4, -0.2) is 29.7 Å². The van der Waals surface area contributed by atoms with Gasteiger partial charge in [0, 0.05) is 24.3 Å². The van der Waals surface area contributed by atoms with E-state index in [0.717, 1.165) is 17.1 Å². The summed E-state index contributed by atoms with van der Waals surface area (Å²) in [7, 11) is 2.01. The number of ether oxygens (including phenoxy) is 1. The predicted molar refractivity (Wildman–Crippen MR) is 116 cm³/mol. The molecule has 0 fully saturated rings. The maximum absolute atomic E-state index is 12.6. The van der Waals surface area contributed by atoms with Gasteiger partial charge in [0.2, 0.25) is 0 Å². The van der Waals surface area contributed by atoms with Crippen LogP contribution < -0.4 is 10.1 Å². The zero-order valence-corrected chi connectivity index (χ0v) is 16.7. The Labute approximate surface area is 170 Å². The van der Waals surface area contributed by atoms with E-state index in [1.165, 1.54) is 0 Å². The fraction of sp³-hybridized carbons (Fsp3) is 0.167. The monoisotopic (exact) mass is 385 g/mol. The van der Waals surface area contributed by atoms with Gasteiger partial charge < -0.3 is 15.0 Å². The SMILES string of the molecule is CC(C)N(C)C1=Nc2ccccc2Oc2ccc(NC(=O)c3ccccc3)cc21. The highest BCUT2D eigenvalue weighted by molar-refractivity contribution is 6.07. The number of nitrogens with zero attached hydrogens (tertiary/aromatic N) is 2. The first-order valence-corrected chi connectivity index (χ1v) is 9.62. The van der Waals surface area contributed by atoms with Gasteiger partial charge in [0.15, 0.2) is 5.75 Å². The fourth-order valence-electron chi connectivity index (χ4n) is 3.11. The van der Waals surface area contributed by atoms with E-state index in [-0.39, 0.29) is 11.9 Å². The molecule has 1 N–H and O–H groups in total. The Kier molecular flexibility index (Phi) is 5.04. The van der Waals surface area contributed by atoms with Crippen LogP contribution >= 0.6 is 0 Å². The molecule has 0 atom stereocenters. The number of anilines is 1. The summed E-state index contributed by atoms with van der Waals surface area (Å²) < 4.78 is 6.15. The molecule has 4 rings (SSSR count). The van der Waals surface area contributed by atoms with E-state index in [1.807, 2.05) is 67.7 Å². The topological polar surface area (TPSA) is 53.9 Å². The lowest BCUT2D eigenvalue weighted by Crippen LogP contribution is -2.33. The van der Waals surface area contributed by atoms with Crippen LogP contribution in [0.4, 0.5) is 11.4 Å². The lowest BCUT2D eigenvalue weighted by atomic mass is 10.1. The first-order valence-electron chi connectivity index (χ1n) is 9.62. The van der Waals surface area contributed by atoms with Crippen molar-refractivity contribution in [1.29, 1.82) is 0 Å². The van der Waals surface area contributed by atoms with Gasteiger partial charge in [0.1, 0.15) is 17.3 Å². The van der Waals surface area contributed by atoms with Gasteiger partial charge in [0.05, 0.1) is 5.56 Å². The smallest absolute Gasteiger partial charge is 0.255 e. The summed E-state index contributed by atoms with van der Waals surface area (Å²) in [6.45, 7) is 4.22. The number of nitrogens with one attached hydrogen (secondary N) is 1. The predicted octanol–water partition coefficient (Wildman–Crippen LogP) is 5.46. The summed E-state index contributed by atoms with van der Waals surface area (Å²) in [5.41, 5.74) is 2.92. The van der Waals surface area contributed by atoms with Gasteiger partial charge in [-0.1, -0.05) is 30.3 Å². The summed E-state index contributed by atoms with van der Waals surface area (Å²) in [4.78, 5) is 19.6. The minimum Gasteiger partial charge on any atom is -0.454 e. The molecule has 1 amide bonds. The van der Waals surface area contributed by atoms with E-state index in [2.05, 4.69) is 24.1 Å². The Hall–Kier alpha value is -3.60. The standard InChI is InChI=1S/C24H23N3O2/c1-16(2)27(3)23-19-15-18(25-24(28)17-9-5-4-6-10-17)13-14-21(19)29-22-12-8-7-11-20(22)26-23/h4-16H,1-3H3,(H,25,28). The van der Waals surface area contributed by atoms with Gasteiger partial charge in [-0.15, -0.1) is 0 Å². The lowest BCUT2D eigenvalue weighted by Gasteiger charge is -2.26. The third kappa shape index (κ3) is 3.85. The van der Waals surface area contributed by atoms with E-state index in [4.69, 9.17) is 9.73 Å². The van der Waals surface area contributed by atoms with Crippen LogP contribution in [-0.2, 0) is 0 Å². The summed E-state index contributed by atoms with van der Waals surface area (Å²) >= 11 is 0. The van der Waals surface area contributed by atoms with Crippen LogP contribution in [0.25, 0.3) is 0 Å². The van der Waals surface area contributed by atoms with Crippen LogP contribution in [0.1, 0.15) is 29.8 Å². The van der Waals surface area contributed by atoms with Crippen LogP contribution in [0, 0.1) is 0 Å². The summed E-state index contributed by atoms with van der Waals surface area (Å²) in [5.74, 6) is 2.07. The van der Waals surface area contributed by atoms with Gasteiger partial charge in [-0.3, -0.25) is 4.79 Å². The van der Waals surface area contributed by atoms with Gasteiger partial charge >= 0.3 is 0 Å². The second-order valence-corrected chi connectivity index (χ2v) is 7.24. The highest BCUT2D eigenvalue weighted by Gasteiger charge is 2.23. The molecule has 29 heavy (non-hydrogen) atoms. The van der Waals surface area contributed by atoms with E-state index < -0.39 is 0 Å². The summed E-state index contributed by atoms with van der Waals surface area (Å²) in [5, 5.41) is 2.97. The first kappa shape index (κ1) is 18.7. The molecular formula is C24H23N3O2. The molecule has 5 heteroatoms. The van der Waals surface area contributed by atoms with Crippen molar-refractivity contribution in [3.05, 3.63) is 83.9 Å². The molecule has 3 aromatic carbocycles. The minimum atomic E-state index is -0.154.